The Bertz CT molecular complexity index is 1380. The molecular formula is C32H36Cl6O8. The maximum absolute atomic E-state index is 13.1. The molecule has 0 saturated carbocycles. The average molecular weight is 761 g/mol. The molecule has 14 heteroatoms. The highest BCUT2D eigenvalue weighted by Crippen LogP contribution is 2.42. The second kappa shape index (κ2) is 16.4. The molecule has 2 atom stereocenters. The topological polar surface area (TPSA) is 105 Å². The van der Waals surface area contributed by atoms with Crippen molar-refractivity contribution in [3.05, 3.63) is 53.4 Å². The molecule has 0 radical (unpaired) electrons. The van der Waals surface area contributed by atoms with Gasteiger partial charge in [0.25, 0.3) is 0 Å². The Morgan fingerprint density at radius 3 is 1.17 bits per heavy atom. The van der Waals surface area contributed by atoms with E-state index >= 15 is 0 Å². The zero-order chi connectivity index (χ0) is 35.3. The summed E-state index contributed by atoms with van der Waals surface area (Å²) in [4.78, 5) is 52.1. The lowest BCUT2D eigenvalue weighted by atomic mass is 9.86. The van der Waals surface area contributed by atoms with Crippen LogP contribution in [0.1, 0.15) is 88.9 Å². The van der Waals surface area contributed by atoms with Crippen LogP contribution >= 0.6 is 69.6 Å². The first-order valence-electron chi connectivity index (χ1n) is 14.2. The largest absolute Gasteiger partial charge is 0.462 e. The van der Waals surface area contributed by atoms with Gasteiger partial charge in [0.05, 0.1) is 43.3 Å². The SMILES string of the molecule is CC(COC(=O)c1c(Cl)c(Cl)cc(Cl)c1OC(=O)C(=O)Oc1c(Cl)cc(Cl)c(Cl)c1C(=O)OCC(C)CC(C)(C)C)CC(C)(C)C. The molecule has 0 bridgehead atoms. The number of esters is 4. The first-order valence-corrected chi connectivity index (χ1v) is 16.4. The summed E-state index contributed by atoms with van der Waals surface area (Å²) in [6.45, 7) is 16.1. The molecule has 0 N–H and O–H groups in total. The van der Waals surface area contributed by atoms with Crippen LogP contribution in [0.25, 0.3) is 0 Å². The standard InChI is InChI=1S/C32H36Cl6O8/c1-15(11-31(3,4)5)13-43-27(39)21-23(37)17(33)9-19(35)25(21)45-29(41)30(42)46-26-20(36)10-18(34)24(38)22(26)28(40)44-14-16(2)12-32(6,7)8/h9-10,15-16H,11-14H2,1-8H3. The summed E-state index contributed by atoms with van der Waals surface area (Å²) in [5.41, 5.74) is -1.01. The lowest BCUT2D eigenvalue weighted by Gasteiger charge is -2.23. The van der Waals surface area contributed by atoms with Crippen molar-refractivity contribution < 1.29 is 38.1 Å². The first kappa shape index (κ1) is 40.2. The Morgan fingerprint density at radius 2 is 0.891 bits per heavy atom. The van der Waals surface area contributed by atoms with Crippen LogP contribution in [0.5, 0.6) is 11.5 Å². The Labute approximate surface area is 299 Å². The van der Waals surface area contributed by atoms with E-state index in [0.29, 0.717) is 0 Å². The van der Waals surface area contributed by atoms with Gasteiger partial charge < -0.3 is 18.9 Å². The lowest BCUT2D eigenvalue weighted by molar-refractivity contribution is -0.156. The molecule has 0 fully saturated rings. The summed E-state index contributed by atoms with van der Waals surface area (Å²) >= 11 is 37.3. The molecule has 2 aromatic rings. The highest BCUT2D eigenvalue weighted by molar-refractivity contribution is 6.47. The van der Waals surface area contributed by atoms with E-state index in [9.17, 15) is 19.2 Å². The predicted octanol–water partition coefficient (Wildman–Crippen LogP) is 10.6. The van der Waals surface area contributed by atoms with Gasteiger partial charge in [-0.15, -0.1) is 0 Å². The van der Waals surface area contributed by atoms with Gasteiger partial charge in [-0.25, -0.2) is 19.2 Å². The fourth-order valence-corrected chi connectivity index (χ4v) is 6.22. The van der Waals surface area contributed by atoms with Crippen molar-refractivity contribution >= 4 is 93.5 Å². The monoisotopic (exact) mass is 758 g/mol. The number of ether oxygens (including phenoxy) is 4. The molecule has 0 spiro atoms. The number of hydrogen-bond acceptors (Lipinski definition) is 8. The third-order valence-electron chi connectivity index (χ3n) is 6.14. The molecule has 46 heavy (non-hydrogen) atoms. The van der Waals surface area contributed by atoms with Gasteiger partial charge in [-0.05, 0) is 47.6 Å². The van der Waals surface area contributed by atoms with Crippen LogP contribution in [0.4, 0.5) is 0 Å². The van der Waals surface area contributed by atoms with Gasteiger partial charge in [0, 0.05) is 0 Å². The molecule has 254 valence electrons. The van der Waals surface area contributed by atoms with E-state index in [2.05, 4.69) is 0 Å². The number of carbonyl (C=O) groups is 4. The summed E-state index contributed by atoms with van der Waals surface area (Å²) < 4.78 is 21.2. The van der Waals surface area contributed by atoms with Crippen LogP contribution < -0.4 is 9.47 Å². The van der Waals surface area contributed by atoms with Crippen molar-refractivity contribution in [2.75, 3.05) is 13.2 Å². The summed E-state index contributed by atoms with van der Waals surface area (Å²) in [5, 5.41) is -1.57. The van der Waals surface area contributed by atoms with E-state index in [4.69, 9.17) is 88.6 Å². The zero-order valence-corrected chi connectivity index (χ0v) is 31.2. The molecule has 0 heterocycles. The molecule has 0 aliphatic heterocycles. The summed E-state index contributed by atoms with van der Waals surface area (Å²) in [6.07, 6.45) is 1.47. The van der Waals surface area contributed by atoms with Crippen LogP contribution in [0.15, 0.2) is 12.1 Å². The van der Waals surface area contributed by atoms with Crippen LogP contribution in [0.3, 0.4) is 0 Å². The zero-order valence-electron chi connectivity index (χ0n) is 26.7. The van der Waals surface area contributed by atoms with Crippen LogP contribution in [-0.2, 0) is 19.1 Å². The van der Waals surface area contributed by atoms with Crippen LogP contribution in [0, 0.1) is 22.7 Å². The van der Waals surface area contributed by atoms with Crippen LogP contribution in [0.2, 0.25) is 30.1 Å². The fraction of sp³-hybridized carbons (Fsp3) is 0.500. The van der Waals surface area contributed by atoms with E-state index in [-0.39, 0.29) is 66.0 Å². The summed E-state index contributed by atoms with van der Waals surface area (Å²) in [7, 11) is 0. The molecule has 0 saturated heterocycles. The molecule has 2 rings (SSSR count). The minimum Gasteiger partial charge on any atom is -0.462 e. The average Bonchev–Trinajstić information content (AvgIpc) is 2.90. The smallest absolute Gasteiger partial charge is 0.423 e. The highest BCUT2D eigenvalue weighted by Gasteiger charge is 2.32. The Kier molecular flexibility index (Phi) is 14.4. The van der Waals surface area contributed by atoms with Crippen molar-refractivity contribution in [2.24, 2.45) is 22.7 Å². The second-order valence-corrected chi connectivity index (χ2v) is 15.8. The highest BCUT2D eigenvalue weighted by atomic mass is 35.5. The van der Waals surface area contributed by atoms with E-state index in [1.807, 2.05) is 55.4 Å². The number of halogens is 6. The third-order valence-corrected chi connectivity index (χ3v) is 8.27. The van der Waals surface area contributed by atoms with E-state index < -0.39 is 46.5 Å². The van der Waals surface area contributed by atoms with Gasteiger partial charge in [-0.1, -0.05) is 125 Å². The number of hydrogen-bond donors (Lipinski definition) is 0. The number of carbonyl (C=O) groups excluding carboxylic acids is 4. The molecular weight excluding hydrogens is 725 g/mol. The molecule has 0 aliphatic carbocycles. The quantitative estimate of drug-likeness (QED) is 0.102. The molecule has 8 nitrogen and oxygen atoms in total. The molecule has 0 aliphatic rings. The van der Waals surface area contributed by atoms with Crippen molar-refractivity contribution in [2.45, 2.75) is 68.2 Å². The van der Waals surface area contributed by atoms with E-state index in [1.54, 1.807) is 0 Å². The van der Waals surface area contributed by atoms with Crippen molar-refractivity contribution in [3.8, 4) is 11.5 Å². The van der Waals surface area contributed by atoms with Gasteiger partial charge >= 0.3 is 23.9 Å². The van der Waals surface area contributed by atoms with Gasteiger partial charge in [-0.2, -0.15) is 0 Å². The Hall–Kier alpha value is -1.94. The normalized spacial score (nSPS) is 13.1. The maximum atomic E-state index is 13.1. The van der Waals surface area contributed by atoms with Crippen molar-refractivity contribution in [1.29, 1.82) is 0 Å². The predicted molar refractivity (Wildman–Crippen MR) is 181 cm³/mol. The molecule has 2 aromatic carbocycles. The van der Waals surface area contributed by atoms with Gasteiger partial charge in [0.1, 0.15) is 11.1 Å². The van der Waals surface area contributed by atoms with E-state index in [1.165, 1.54) is 0 Å². The van der Waals surface area contributed by atoms with Crippen molar-refractivity contribution in [1.82, 2.24) is 0 Å². The first-order chi connectivity index (χ1) is 21.0. The Balaban J connectivity index is 2.34. The van der Waals surface area contributed by atoms with E-state index in [0.717, 1.165) is 25.0 Å². The molecule has 2 unspecified atom stereocenters. The lowest BCUT2D eigenvalue weighted by Crippen LogP contribution is -2.28. The summed E-state index contributed by atoms with van der Waals surface area (Å²) in [6, 6.07) is 2.23. The summed E-state index contributed by atoms with van der Waals surface area (Å²) in [5.74, 6) is -6.56. The van der Waals surface area contributed by atoms with Crippen molar-refractivity contribution in [3.63, 3.8) is 0 Å². The van der Waals surface area contributed by atoms with Gasteiger partial charge in [0.15, 0.2) is 11.5 Å². The molecule has 0 amide bonds. The van der Waals surface area contributed by atoms with Crippen LogP contribution in [-0.4, -0.2) is 37.1 Å². The molecule has 0 aromatic heterocycles. The minimum atomic E-state index is -1.66. The second-order valence-electron chi connectivity index (χ2n) is 13.4. The number of benzene rings is 2. The maximum Gasteiger partial charge on any atom is 0.423 e. The van der Waals surface area contributed by atoms with Gasteiger partial charge in [0.2, 0.25) is 0 Å². The fourth-order valence-electron chi connectivity index (χ4n) is 4.78. The van der Waals surface area contributed by atoms with Gasteiger partial charge in [-0.3, -0.25) is 0 Å². The third kappa shape index (κ3) is 11.6. The number of rotatable bonds is 10. The Morgan fingerprint density at radius 1 is 0.587 bits per heavy atom. The minimum absolute atomic E-state index is 0.00960.